The van der Waals surface area contributed by atoms with Gasteiger partial charge in [0.1, 0.15) is 17.3 Å². The van der Waals surface area contributed by atoms with Crippen molar-refractivity contribution < 1.29 is 4.74 Å². The van der Waals surface area contributed by atoms with Gasteiger partial charge in [-0.25, -0.2) is 4.98 Å². The number of ether oxygens (including phenoxy) is 1. The first-order valence-electron chi connectivity index (χ1n) is 9.73. The predicted molar refractivity (Wildman–Crippen MR) is 114 cm³/mol. The maximum atomic E-state index is 5.90. The molecule has 2 aromatic heterocycles. The molecular formula is C21H25N7O. The molecule has 0 saturated heterocycles. The molecule has 1 aliphatic carbocycles. The van der Waals surface area contributed by atoms with Crippen molar-refractivity contribution in [3.8, 4) is 17.3 Å². The summed E-state index contributed by atoms with van der Waals surface area (Å²) in [5, 5.41) is 6.65. The van der Waals surface area contributed by atoms with E-state index in [1.807, 2.05) is 42.5 Å². The van der Waals surface area contributed by atoms with Gasteiger partial charge in [0.15, 0.2) is 5.82 Å². The number of aromatic nitrogens is 4. The molecule has 1 aliphatic rings. The third-order valence-corrected chi connectivity index (χ3v) is 4.95. The van der Waals surface area contributed by atoms with Gasteiger partial charge in [-0.1, -0.05) is 18.2 Å². The van der Waals surface area contributed by atoms with Gasteiger partial charge in [-0.15, -0.1) is 0 Å². The van der Waals surface area contributed by atoms with Crippen molar-refractivity contribution in [2.75, 3.05) is 23.5 Å². The van der Waals surface area contributed by atoms with Gasteiger partial charge in [0, 0.05) is 12.6 Å². The van der Waals surface area contributed by atoms with Crippen LogP contribution in [0.25, 0.3) is 11.5 Å². The van der Waals surface area contributed by atoms with E-state index >= 15 is 0 Å². The van der Waals surface area contributed by atoms with Crippen LogP contribution in [-0.4, -0.2) is 33.1 Å². The summed E-state index contributed by atoms with van der Waals surface area (Å²) in [4.78, 5) is 17.6. The van der Waals surface area contributed by atoms with Crippen molar-refractivity contribution in [2.24, 2.45) is 5.92 Å². The number of pyridine rings is 1. The van der Waals surface area contributed by atoms with Crippen LogP contribution in [0.3, 0.4) is 0 Å². The van der Waals surface area contributed by atoms with Gasteiger partial charge in [0.2, 0.25) is 11.9 Å². The lowest BCUT2D eigenvalue weighted by Gasteiger charge is -2.13. The number of anilines is 3. The second-order valence-corrected chi connectivity index (χ2v) is 7.22. The Morgan fingerprint density at radius 3 is 2.59 bits per heavy atom. The predicted octanol–water partition coefficient (Wildman–Crippen LogP) is 3.35. The zero-order chi connectivity index (χ0) is 20.2. The van der Waals surface area contributed by atoms with Crippen LogP contribution in [0.5, 0.6) is 5.75 Å². The second-order valence-electron chi connectivity index (χ2n) is 7.22. The second kappa shape index (κ2) is 8.30. The van der Waals surface area contributed by atoms with Crippen molar-refractivity contribution in [2.45, 2.75) is 32.4 Å². The number of hydrogen-bond acceptors (Lipinski definition) is 8. The molecule has 0 spiro atoms. The number of nitrogens with zero attached hydrogens (tertiary/aromatic N) is 4. The number of benzene rings is 1. The molecule has 4 rings (SSSR count). The van der Waals surface area contributed by atoms with E-state index in [1.54, 1.807) is 7.11 Å². The Kier molecular flexibility index (Phi) is 5.41. The molecule has 1 atom stereocenters. The molecule has 1 aromatic carbocycles. The number of methoxy groups -OCH3 is 1. The SMILES string of the molecule is COc1ccc(CNc2cccc(-c3nc(N)nc(NC(C)C4CC4)n3)n2)cc1. The topological polar surface area (TPSA) is 111 Å². The van der Waals surface area contributed by atoms with Gasteiger partial charge in [0.05, 0.1) is 7.11 Å². The summed E-state index contributed by atoms with van der Waals surface area (Å²) >= 11 is 0. The van der Waals surface area contributed by atoms with E-state index in [0.29, 0.717) is 36.0 Å². The fraction of sp³-hybridized carbons (Fsp3) is 0.333. The van der Waals surface area contributed by atoms with Crippen molar-refractivity contribution >= 4 is 17.7 Å². The Labute approximate surface area is 170 Å². The van der Waals surface area contributed by atoms with E-state index < -0.39 is 0 Å². The summed E-state index contributed by atoms with van der Waals surface area (Å²) in [6, 6.07) is 13.9. The number of hydrogen-bond donors (Lipinski definition) is 3. The molecule has 2 heterocycles. The smallest absolute Gasteiger partial charge is 0.228 e. The van der Waals surface area contributed by atoms with Gasteiger partial charge in [-0.05, 0) is 55.5 Å². The number of nitrogen functional groups attached to an aromatic ring is 1. The van der Waals surface area contributed by atoms with Crippen LogP contribution < -0.4 is 21.1 Å². The minimum Gasteiger partial charge on any atom is -0.497 e. The molecule has 150 valence electrons. The standard InChI is InChI=1S/C21H25N7O/c1-13(15-8-9-15)24-21-27-19(26-20(22)28-21)17-4-3-5-18(25-17)23-12-14-6-10-16(29-2)11-7-14/h3-7,10-11,13,15H,8-9,12H2,1-2H3,(H,23,25)(H3,22,24,26,27,28). The Hall–Kier alpha value is -3.42. The van der Waals surface area contributed by atoms with Crippen LogP contribution in [0.4, 0.5) is 17.7 Å². The molecule has 1 saturated carbocycles. The highest BCUT2D eigenvalue weighted by atomic mass is 16.5. The molecule has 0 radical (unpaired) electrons. The third-order valence-electron chi connectivity index (χ3n) is 4.95. The molecule has 4 N–H and O–H groups in total. The first-order valence-corrected chi connectivity index (χ1v) is 9.73. The van der Waals surface area contributed by atoms with Crippen molar-refractivity contribution in [3.05, 3.63) is 48.0 Å². The van der Waals surface area contributed by atoms with E-state index in [4.69, 9.17) is 10.5 Å². The quantitative estimate of drug-likeness (QED) is 0.536. The van der Waals surface area contributed by atoms with Gasteiger partial charge in [-0.3, -0.25) is 0 Å². The van der Waals surface area contributed by atoms with Crippen molar-refractivity contribution in [1.29, 1.82) is 0 Å². The van der Waals surface area contributed by atoms with Crippen LogP contribution in [0.2, 0.25) is 0 Å². The molecular weight excluding hydrogens is 366 g/mol. The third kappa shape index (κ3) is 4.90. The Bertz CT molecular complexity index is 973. The first kappa shape index (κ1) is 18.9. The summed E-state index contributed by atoms with van der Waals surface area (Å²) in [6.07, 6.45) is 2.48. The molecule has 8 nitrogen and oxygen atoms in total. The summed E-state index contributed by atoms with van der Waals surface area (Å²) in [5.41, 5.74) is 7.67. The summed E-state index contributed by atoms with van der Waals surface area (Å²) in [6.45, 7) is 2.78. The van der Waals surface area contributed by atoms with Gasteiger partial charge in [0.25, 0.3) is 0 Å². The zero-order valence-electron chi connectivity index (χ0n) is 16.6. The monoisotopic (exact) mass is 391 g/mol. The molecule has 29 heavy (non-hydrogen) atoms. The van der Waals surface area contributed by atoms with Crippen LogP contribution in [-0.2, 0) is 6.54 Å². The number of rotatable bonds is 8. The molecule has 0 bridgehead atoms. The van der Waals surface area contributed by atoms with E-state index in [1.165, 1.54) is 12.8 Å². The minimum atomic E-state index is 0.180. The lowest BCUT2D eigenvalue weighted by Crippen LogP contribution is -2.20. The van der Waals surface area contributed by atoms with E-state index in [2.05, 4.69) is 37.5 Å². The molecule has 8 heteroatoms. The normalized spacial score (nSPS) is 14.3. The number of nitrogens with one attached hydrogen (secondary N) is 2. The average molecular weight is 391 g/mol. The Morgan fingerprint density at radius 2 is 1.86 bits per heavy atom. The summed E-state index contributed by atoms with van der Waals surface area (Å²) < 4.78 is 5.19. The highest BCUT2D eigenvalue weighted by Crippen LogP contribution is 2.33. The Balaban J connectivity index is 1.47. The van der Waals surface area contributed by atoms with Crippen molar-refractivity contribution in [3.63, 3.8) is 0 Å². The summed E-state index contributed by atoms with van der Waals surface area (Å²) in [5.74, 6) is 3.38. The maximum absolute atomic E-state index is 5.90. The first-order chi connectivity index (χ1) is 14.1. The molecule has 0 amide bonds. The molecule has 1 unspecified atom stereocenters. The van der Waals surface area contributed by atoms with Crippen LogP contribution in [0.15, 0.2) is 42.5 Å². The van der Waals surface area contributed by atoms with Crippen LogP contribution in [0.1, 0.15) is 25.3 Å². The van der Waals surface area contributed by atoms with E-state index in [0.717, 1.165) is 17.1 Å². The maximum Gasteiger partial charge on any atom is 0.228 e. The van der Waals surface area contributed by atoms with E-state index in [9.17, 15) is 0 Å². The lowest BCUT2D eigenvalue weighted by molar-refractivity contribution is 0.414. The Morgan fingerprint density at radius 1 is 1.07 bits per heavy atom. The fourth-order valence-corrected chi connectivity index (χ4v) is 3.08. The van der Waals surface area contributed by atoms with Crippen LogP contribution >= 0.6 is 0 Å². The van der Waals surface area contributed by atoms with Gasteiger partial charge >= 0.3 is 0 Å². The van der Waals surface area contributed by atoms with Gasteiger partial charge < -0.3 is 21.1 Å². The molecule has 0 aliphatic heterocycles. The highest BCUT2D eigenvalue weighted by Gasteiger charge is 2.28. The highest BCUT2D eigenvalue weighted by molar-refractivity contribution is 5.56. The van der Waals surface area contributed by atoms with E-state index in [-0.39, 0.29) is 5.95 Å². The largest absolute Gasteiger partial charge is 0.497 e. The molecule has 1 fully saturated rings. The van der Waals surface area contributed by atoms with Gasteiger partial charge in [-0.2, -0.15) is 15.0 Å². The summed E-state index contributed by atoms with van der Waals surface area (Å²) in [7, 11) is 1.66. The number of nitrogens with two attached hydrogens (primary N) is 1. The average Bonchev–Trinajstić information content (AvgIpc) is 3.58. The zero-order valence-corrected chi connectivity index (χ0v) is 16.6. The van der Waals surface area contributed by atoms with Crippen molar-refractivity contribution in [1.82, 2.24) is 19.9 Å². The minimum absolute atomic E-state index is 0.180. The lowest BCUT2D eigenvalue weighted by atomic mass is 10.2. The fourth-order valence-electron chi connectivity index (χ4n) is 3.08. The molecule has 3 aromatic rings. The van der Waals surface area contributed by atoms with Crippen LogP contribution in [0, 0.1) is 5.92 Å².